The monoisotopic (exact) mass is 418 g/mol. The Kier molecular flexibility index (Phi) is 6.96. The maximum Gasteiger partial charge on any atom is 0.231 e. The summed E-state index contributed by atoms with van der Waals surface area (Å²) in [5, 5.41) is 12.2. The van der Waals surface area contributed by atoms with E-state index in [9.17, 15) is 4.79 Å². The first-order valence-electron chi connectivity index (χ1n) is 9.79. The van der Waals surface area contributed by atoms with E-state index in [0.29, 0.717) is 11.7 Å². The molecule has 0 fully saturated rings. The standard InChI is InChI=1S/C24H26N4OS/c1-5-15-25-21(29)17-30-23-27-26-22(28(23)16-18-9-7-6-8-10-18)19-11-13-20(14-12-19)24(2,3)4/h1,6-14H,15-17H2,2-4H3,(H,25,29). The smallest absolute Gasteiger partial charge is 0.231 e. The molecular weight excluding hydrogens is 392 g/mol. The lowest BCUT2D eigenvalue weighted by Crippen LogP contribution is -2.25. The highest BCUT2D eigenvalue weighted by atomic mass is 32.2. The summed E-state index contributed by atoms with van der Waals surface area (Å²) in [5.74, 6) is 3.30. The molecule has 0 radical (unpaired) electrons. The minimum Gasteiger partial charge on any atom is -0.344 e. The minimum absolute atomic E-state index is 0.0863. The molecule has 3 aromatic rings. The van der Waals surface area contributed by atoms with Gasteiger partial charge in [-0.2, -0.15) is 0 Å². The Bertz CT molecular complexity index is 1030. The van der Waals surface area contributed by atoms with E-state index >= 15 is 0 Å². The molecule has 0 aliphatic carbocycles. The minimum atomic E-state index is -0.122. The molecular formula is C24H26N4OS. The zero-order valence-corrected chi connectivity index (χ0v) is 18.4. The van der Waals surface area contributed by atoms with Crippen molar-refractivity contribution in [3.63, 3.8) is 0 Å². The summed E-state index contributed by atoms with van der Waals surface area (Å²) >= 11 is 1.36. The first kappa shape index (κ1) is 21.7. The maximum atomic E-state index is 12.0. The van der Waals surface area contributed by atoms with Gasteiger partial charge in [0.2, 0.25) is 5.91 Å². The fourth-order valence-corrected chi connectivity index (χ4v) is 3.74. The van der Waals surface area contributed by atoms with Crippen LogP contribution < -0.4 is 5.32 Å². The number of hydrogen-bond donors (Lipinski definition) is 1. The number of aromatic nitrogens is 3. The van der Waals surface area contributed by atoms with Gasteiger partial charge in [0.1, 0.15) is 0 Å². The predicted molar refractivity (Wildman–Crippen MR) is 122 cm³/mol. The Balaban J connectivity index is 1.89. The third-order valence-electron chi connectivity index (χ3n) is 4.63. The summed E-state index contributed by atoms with van der Waals surface area (Å²) in [4.78, 5) is 12.0. The van der Waals surface area contributed by atoms with E-state index < -0.39 is 0 Å². The van der Waals surface area contributed by atoms with E-state index in [2.05, 4.69) is 83.2 Å². The van der Waals surface area contributed by atoms with Gasteiger partial charge in [0.05, 0.1) is 18.8 Å². The third kappa shape index (κ3) is 5.52. The number of nitrogens with zero attached hydrogens (tertiary/aromatic N) is 3. The average molecular weight is 419 g/mol. The number of nitrogens with one attached hydrogen (secondary N) is 1. The molecule has 0 atom stereocenters. The van der Waals surface area contributed by atoms with Gasteiger partial charge >= 0.3 is 0 Å². The molecule has 6 heteroatoms. The van der Waals surface area contributed by atoms with E-state index in [-0.39, 0.29) is 23.6 Å². The fourth-order valence-electron chi connectivity index (χ4n) is 2.97. The summed E-state index contributed by atoms with van der Waals surface area (Å²) in [6, 6.07) is 18.6. The highest BCUT2D eigenvalue weighted by Crippen LogP contribution is 2.28. The van der Waals surface area contributed by atoms with Crippen molar-refractivity contribution in [2.75, 3.05) is 12.3 Å². The zero-order valence-electron chi connectivity index (χ0n) is 17.6. The lowest BCUT2D eigenvalue weighted by atomic mass is 9.87. The Morgan fingerprint density at radius 2 is 1.80 bits per heavy atom. The second-order valence-electron chi connectivity index (χ2n) is 7.97. The molecule has 3 rings (SSSR count). The van der Waals surface area contributed by atoms with Gasteiger partial charge in [0.25, 0.3) is 0 Å². The van der Waals surface area contributed by atoms with E-state index in [4.69, 9.17) is 6.42 Å². The van der Waals surface area contributed by atoms with Crippen molar-refractivity contribution in [2.45, 2.75) is 37.9 Å². The van der Waals surface area contributed by atoms with Gasteiger partial charge in [-0.25, -0.2) is 0 Å². The Labute approximate surface area is 182 Å². The number of carbonyl (C=O) groups excluding carboxylic acids is 1. The van der Waals surface area contributed by atoms with Crippen molar-refractivity contribution in [1.29, 1.82) is 0 Å². The van der Waals surface area contributed by atoms with Crippen LogP contribution in [0.5, 0.6) is 0 Å². The highest BCUT2D eigenvalue weighted by Gasteiger charge is 2.18. The van der Waals surface area contributed by atoms with E-state index in [1.165, 1.54) is 17.3 Å². The van der Waals surface area contributed by atoms with Gasteiger partial charge in [-0.3, -0.25) is 9.36 Å². The molecule has 1 aromatic heterocycles. The van der Waals surface area contributed by atoms with Crippen molar-refractivity contribution in [3.8, 4) is 23.7 Å². The number of amides is 1. The Morgan fingerprint density at radius 3 is 2.43 bits per heavy atom. The lowest BCUT2D eigenvalue weighted by molar-refractivity contribution is -0.118. The number of hydrogen-bond acceptors (Lipinski definition) is 4. The first-order chi connectivity index (χ1) is 14.4. The number of terminal acetylenes is 1. The van der Waals surface area contributed by atoms with Crippen LogP contribution in [0, 0.1) is 12.3 Å². The highest BCUT2D eigenvalue weighted by molar-refractivity contribution is 7.99. The van der Waals surface area contributed by atoms with Gasteiger partial charge < -0.3 is 5.32 Å². The summed E-state index contributed by atoms with van der Waals surface area (Å²) in [5.41, 5.74) is 3.49. The van der Waals surface area contributed by atoms with Crippen LogP contribution in [0.3, 0.4) is 0 Å². The molecule has 0 spiro atoms. The largest absolute Gasteiger partial charge is 0.344 e. The van der Waals surface area contributed by atoms with Crippen LogP contribution in [0.25, 0.3) is 11.4 Å². The van der Waals surface area contributed by atoms with Crippen molar-refractivity contribution >= 4 is 17.7 Å². The molecule has 0 bridgehead atoms. The van der Waals surface area contributed by atoms with Crippen molar-refractivity contribution in [3.05, 3.63) is 65.7 Å². The number of rotatable bonds is 7. The molecule has 154 valence electrons. The molecule has 2 aromatic carbocycles. The van der Waals surface area contributed by atoms with E-state index in [0.717, 1.165) is 17.0 Å². The van der Waals surface area contributed by atoms with Gasteiger partial charge in [-0.15, -0.1) is 16.6 Å². The van der Waals surface area contributed by atoms with E-state index in [1.54, 1.807) is 0 Å². The second kappa shape index (κ2) is 9.64. The molecule has 1 N–H and O–H groups in total. The van der Waals surface area contributed by atoms with Crippen LogP contribution in [-0.4, -0.2) is 33.0 Å². The quantitative estimate of drug-likeness (QED) is 0.463. The van der Waals surface area contributed by atoms with E-state index in [1.807, 2.05) is 18.2 Å². The lowest BCUT2D eigenvalue weighted by Gasteiger charge is -2.19. The third-order valence-corrected chi connectivity index (χ3v) is 5.60. The molecule has 0 saturated carbocycles. The normalized spacial score (nSPS) is 11.1. The van der Waals surface area contributed by atoms with Crippen LogP contribution in [-0.2, 0) is 16.8 Å². The van der Waals surface area contributed by atoms with Crippen LogP contribution in [0.15, 0.2) is 59.8 Å². The Morgan fingerprint density at radius 1 is 1.10 bits per heavy atom. The molecule has 0 aliphatic rings. The molecule has 1 heterocycles. The van der Waals surface area contributed by atoms with Gasteiger partial charge in [-0.05, 0) is 16.5 Å². The van der Waals surface area contributed by atoms with Gasteiger partial charge in [0.15, 0.2) is 11.0 Å². The molecule has 0 aliphatic heterocycles. The van der Waals surface area contributed by atoms with Crippen LogP contribution in [0.1, 0.15) is 31.9 Å². The average Bonchev–Trinajstić information content (AvgIpc) is 3.13. The Hall–Kier alpha value is -3.04. The SMILES string of the molecule is C#CCNC(=O)CSc1nnc(-c2ccc(C(C)(C)C)cc2)n1Cc1ccccc1. The molecule has 1 amide bonds. The number of benzene rings is 2. The van der Waals surface area contributed by atoms with Crippen LogP contribution in [0.2, 0.25) is 0 Å². The van der Waals surface area contributed by atoms with Crippen LogP contribution in [0.4, 0.5) is 0 Å². The molecule has 0 saturated heterocycles. The fraction of sp³-hybridized carbons (Fsp3) is 0.292. The summed E-state index contributed by atoms with van der Waals surface area (Å²) in [6.07, 6.45) is 5.20. The van der Waals surface area contributed by atoms with Gasteiger partial charge in [0, 0.05) is 5.56 Å². The second-order valence-corrected chi connectivity index (χ2v) is 8.92. The summed E-state index contributed by atoms with van der Waals surface area (Å²) in [7, 11) is 0. The maximum absolute atomic E-state index is 12.0. The first-order valence-corrected chi connectivity index (χ1v) is 10.8. The van der Waals surface area contributed by atoms with Crippen molar-refractivity contribution < 1.29 is 4.79 Å². The molecule has 5 nitrogen and oxygen atoms in total. The zero-order chi connectivity index (χ0) is 21.6. The number of thioether (sulfide) groups is 1. The molecule has 30 heavy (non-hydrogen) atoms. The number of carbonyl (C=O) groups is 1. The topological polar surface area (TPSA) is 59.8 Å². The van der Waals surface area contributed by atoms with Crippen LogP contribution >= 0.6 is 11.8 Å². The summed E-state index contributed by atoms with van der Waals surface area (Å²) in [6.45, 7) is 7.43. The molecule has 0 unspecified atom stereocenters. The predicted octanol–water partition coefficient (Wildman–Crippen LogP) is 4.13. The van der Waals surface area contributed by atoms with Gasteiger partial charge in [-0.1, -0.05) is 93.1 Å². The van der Waals surface area contributed by atoms with Crippen molar-refractivity contribution in [2.24, 2.45) is 0 Å². The summed E-state index contributed by atoms with van der Waals surface area (Å²) < 4.78 is 2.06. The van der Waals surface area contributed by atoms with Crippen molar-refractivity contribution in [1.82, 2.24) is 20.1 Å².